The average Bonchev–Trinajstić information content (AvgIpc) is 2.03. The van der Waals surface area contributed by atoms with Crippen LogP contribution in [0.2, 0.25) is 0 Å². The summed E-state index contributed by atoms with van der Waals surface area (Å²) >= 11 is 0. The maximum Gasteiger partial charge on any atom is 0.00361 e. The number of allylic oxidation sites excluding steroid dienone is 2. The molecule has 1 nitrogen and oxygen atoms in total. The molecular weight excluding hydrogens is 146 g/mol. The first-order valence-corrected chi connectivity index (χ1v) is 5.05. The van der Waals surface area contributed by atoms with Crippen LogP contribution in [0.4, 0.5) is 0 Å². The third-order valence-electron chi connectivity index (χ3n) is 2.41. The molecule has 0 aliphatic heterocycles. The minimum atomic E-state index is 0.353. The zero-order valence-corrected chi connectivity index (χ0v) is 8.72. The SMILES string of the molecule is C/C=C/CCCCC(C)C(C)N. The van der Waals surface area contributed by atoms with E-state index < -0.39 is 0 Å². The maximum atomic E-state index is 5.76. The summed E-state index contributed by atoms with van der Waals surface area (Å²) in [6.45, 7) is 6.40. The lowest BCUT2D eigenvalue weighted by Crippen LogP contribution is -2.23. The maximum absolute atomic E-state index is 5.76. The van der Waals surface area contributed by atoms with Gasteiger partial charge in [0, 0.05) is 6.04 Å². The van der Waals surface area contributed by atoms with Crippen molar-refractivity contribution in [1.29, 1.82) is 0 Å². The predicted octanol–water partition coefficient (Wildman–Crippen LogP) is 3.11. The molecule has 0 aliphatic carbocycles. The summed E-state index contributed by atoms with van der Waals surface area (Å²) in [5, 5.41) is 0. The average molecular weight is 169 g/mol. The van der Waals surface area contributed by atoms with Gasteiger partial charge in [-0.05, 0) is 39.0 Å². The summed E-state index contributed by atoms with van der Waals surface area (Å²) in [6, 6.07) is 0.353. The lowest BCUT2D eigenvalue weighted by atomic mass is 9.97. The van der Waals surface area contributed by atoms with Crippen LogP contribution in [0, 0.1) is 5.92 Å². The summed E-state index contributed by atoms with van der Waals surface area (Å²) in [7, 11) is 0. The third-order valence-corrected chi connectivity index (χ3v) is 2.41. The number of hydrogen-bond donors (Lipinski definition) is 1. The Balaban J connectivity index is 3.19. The molecule has 0 radical (unpaired) electrons. The number of unbranched alkanes of at least 4 members (excludes halogenated alkanes) is 2. The van der Waals surface area contributed by atoms with Crippen molar-refractivity contribution in [3.63, 3.8) is 0 Å². The van der Waals surface area contributed by atoms with Gasteiger partial charge in [0.1, 0.15) is 0 Å². The molecule has 0 rings (SSSR count). The number of rotatable bonds is 6. The van der Waals surface area contributed by atoms with Crippen molar-refractivity contribution in [2.75, 3.05) is 0 Å². The zero-order valence-electron chi connectivity index (χ0n) is 8.72. The summed E-state index contributed by atoms with van der Waals surface area (Å²) in [5.74, 6) is 0.676. The van der Waals surface area contributed by atoms with Gasteiger partial charge >= 0.3 is 0 Å². The largest absolute Gasteiger partial charge is 0.328 e. The van der Waals surface area contributed by atoms with Crippen LogP contribution in [0.25, 0.3) is 0 Å². The Morgan fingerprint density at radius 1 is 1.25 bits per heavy atom. The molecule has 72 valence electrons. The lowest BCUT2D eigenvalue weighted by molar-refractivity contribution is 0.431. The summed E-state index contributed by atoms with van der Waals surface area (Å²) < 4.78 is 0. The van der Waals surface area contributed by atoms with E-state index in [1.165, 1.54) is 25.7 Å². The van der Waals surface area contributed by atoms with E-state index in [9.17, 15) is 0 Å². The van der Waals surface area contributed by atoms with E-state index in [1.54, 1.807) is 0 Å². The lowest BCUT2D eigenvalue weighted by Gasteiger charge is -2.14. The normalized spacial score (nSPS) is 16.7. The van der Waals surface area contributed by atoms with E-state index in [0.717, 1.165) is 0 Å². The van der Waals surface area contributed by atoms with Gasteiger partial charge in [-0.25, -0.2) is 0 Å². The molecule has 0 aliphatic rings. The van der Waals surface area contributed by atoms with Gasteiger partial charge in [-0.3, -0.25) is 0 Å². The third kappa shape index (κ3) is 6.41. The first-order chi connectivity index (χ1) is 5.68. The Hall–Kier alpha value is -0.300. The van der Waals surface area contributed by atoms with Gasteiger partial charge in [-0.2, -0.15) is 0 Å². The molecular formula is C11H23N. The molecule has 0 aromatic carbocycles. The van der Waals surface area contributed by atoms with Gasteiger partial charge in [0.05, 0.1) is 0 Å². The molecule has 1 heteroatoms. The van der Waals surface area contributed by atoms with E-state index in [4.69, 9.17) is 5.73 Å². The van der Waals surface area contributed by atoms with Crippen LogP contribution in [0.3, 0.4) is 0 Å². The van der Waals surface area contributed by atoms with Crippen LogP contribution in [0.15, 0.2) is 12.2 Å². The smallest absolute Gasteiger partial charge is 0.00361 e. The van der Waals surface area contributed by atoms with Gasteiger partial charge in [-0.1, -0.05) is 25.5 Å². The quantitative estimate of drug-likeness (QED) is 0.480. The van der Waals surface area contributed by atoms with Crippen molar-refractivity contribution >= 4 is 0 Å². The van der Waals surface area contributed by atoms with E-state index in [-0.39, 0.29) is 0 Å². The Kier molecular flexibility index (Phi) is 7.17. The van der Waals surface area contributed by atoms with Crippen LogP contribution in [-0.4, -0.2) is 6.04 Å². The van der Waals surface area contributed by atoms with E-state index >= 15 is 0 Å². The zero-order chi connectivity index (χ0) is 9.40. The molecule has 2 unspecified atom stereocenters. The highest BCUT2D eigenvalue weighted by Gasteiger charge is 2.05. The van der Waals surface area contributed by atoms with Crippen molar-refractivity contribution in [3.8, 4) is 0 Å². The molecule has 0 saturated carbocycles. The van der Waals surface area contributed by atoms with Crippen molar-refractivity contribution in [2.45, 2.75) is 52.5 Å². The standard InChI is InChI=1S/C11H23N/c1-4-5-6-7-8-9-10(2)11(3)12/h4-5,10-11H,6-9,12H2,1-3H3/b5-4+. The minimum absolute atomic E-state index is 0.353. The van der Waals surface area contributed by atoms with Gasteiger partial charge in [0.25, 0.3) is 0 Å². The van der Waals surface area contributed by atoms with Gasteiger partial charge < -0.3 is 5.73 Å². The molecule has 2 N–H and O–H groups in total. The highest BCUT2D eigenvalue weighted by Crippen LogP contribution is 2.11. The molecule has 0 saturated heterocycles. The molecule has 0 aromatic heterocycles. The molecule has 0 amide bonds. The fourth-order valence-corrected chi connectivity index (χ4v) is 1.16. The van der Waals surface area contributed by atoms with E-state index in [0.29, 0.717) is 12.0 Å². The fraction of sp³-hybridized carbons (Fsp3) is 0.818. The second-order valence-electron chi connectivity index (χ2n) is 3.69. The minimum Gasteiger partial charge on any atom is -0.328 e. The fourth-order valence-electron chi connectivity index (χ4n) is 1.16. The summed E-state index contributed by atoms with van der Waals surface area (Å²) in [6.07, 6.45) is 9.47. The molecule has 0 fully saturated rings. The molecule has 0 heterocycles. The van der Waals surface area contributed by atoms with Crippen LogP contribution in [0.1, 0.15) is 46.5 Å². The first kappa shape index (κ1) is 11.7. The van der Waals surface area contributed by atoms with Crippen LogP contribution >= 0.6 is 0 Å². The molecule has 0 bridgehead atoms. The van der Waals surface area contributed by atoms with Crippen molar-refractivity contribution in [3.05, 3.63) is 12.2 Å². The van der Waals surface area contributed by atoms with Gasteiger partial charge in [-0.15, -0.1) is 0 Å². The van der Waals surface area contributed by atoms with E-state index in [1.807, 2.05) is 0 Å². The van der Waals surface area contributed by atoms with Crippen LogP contribution in [-0.2, 0) is 0 Å². The number of nitrogens with two attached hydrogens (primary N) is 1. The highest BCUT2D eigenvalue weighted by molar-refractivity contribution is 4.76. The topological polar surface area (TPSA) is 26.0 Å². The number of hydrogen-bond acceptors (Lipinski definition) is 1. The molecule has 0 aromatic rings. The van der Waals surface area contributed by atoms with Crippen LogP contribution in [0.5, 0.6) is 0 Å². The Bertz CT molecular complexity index is 116. The Morgan fingerprint density at radius 2 is 1.92 bits per heavy atom. The van der Waals surface area contributed by atoms with Crippen molar-refractivity contribution in [2.24, 2.45) is 11.7 Å². The van der Waals surface area contributed by atoms with E-state index in [2.05, 4.69) is 32.9 Å². The van der Waals surface area contributed by atoms with Crippen molar-refractivity contribution in [1.82, 2.24) is 0 Å². The summed E-state index contributed by atoms with van der Waals surface area (Å²) in [5.41, 5.74) is 5.76. The van der Waals surface area contributed by atoms with Crippen molar-refractivity contribution < 1.29 is 0 Å². The predicted molar refractivity (Wildman–Crippen MR) is 56.1 cm³/mol. The second kappa shape index (κ2) is 7.35. The van der Waals surface area contributed by atoms with Gasteiger partial charge in [0.2, 0.25) is 0 Å². The van der Waals surface area contributed by atoms with Crippen LogP contribution < -0.4 is 5.73 Å². The molecule has 12 heavy (non-hydrogen) atoms. The molecule has 2 atom stereocenters. The second-order valence-corrected chi connectivity index (χ2v) is 3.69. The van der Waals surface area contributed by atoms with Gasteiger partial charge in [0.15, 0.2) is 0 Å². The monoisotopic (exact) mass is 169 g/mol. The summed E-state index contributed by atoms with van der Waals surface area (Å²) in [4.78, 5) is 0. The Morgan fingerprint density at radius 3 is 2.42 bits per heavy atom. The highest BCUT2D eigenvalue weighted by atomic mass is 14.6. The Labute approximate surface area is 77.0 Å². The molecule has 0 spiro atoms. The first-order valence-electron chi connectivity index (χ1n) is 5.05.